The summed E-state index contributed by atoms with van der Waals surface area (Å²) in [5.74, 6) is -0.275. The minimum atomic E-state index is -0.428. The van der Waals surface area contributed by atoms with E-state index in [1.807, 2.05) is 12.1 Å². The molecular formula is C12H12ClNO2. The second-order valence-corrected chi connectivity index (χ2v) is 4.70. The third kappa shape index (κ3) is 1.28. The van der Waals surface area contributed by atoms with Crippen LogP contribution in [0.25, 0.3) is 0 Å². The summed E-state index contributed by atoms with van der Waals surface area (Å²) in [4.78, 5) is 11.8. The van der Waals surface area contributed by atoms with Crippen LogP contribution in [0.15, 0.2) is 18.2 Å². The van der Waals surface area contributed by atoms with Crippen molar-refractivity contribution >= 4 is 17.6 Å². The van der Waals surface area contributed by atoms with Gasteiger partial charge in [0.05, 0.1) is 10.6 Å². The Morgan fingerprint density at radius 1 is 1.31 bits per heavy atom. The first-order valence-electron chi connectivity index (χ1n) is 5.46. The van der Waals surface area contributed by atoms with Gasteiger partial charge in [-0.1, -0.05) is 23.7 Å². The molecule has 84 valence electrons. The summed E-state index contributed by atoms with van der Waals surface area (Å²) in [6.45, 7) is 1.75. The van der Waals surface area contributed by atoms with E-state index in [0.29, 0.717) is 10.6 Å². The van der Waals surface area contributed by atoms with Crippen molar-refractivity contribution in [2.45, 2.75) is 18.4 Å². The number of benzene rings is 1. The van der Waals surface area contributed by atoms with E-state index >= 15 is 0 Å². The lowest BCUT2D eigenvalue weighted by atomic mass is 9.84. The maximum atomic E-state index is 11.8. The topological polar surface area (TPSA) is 38.3 Å². The second kappa shape index (κ2) is 3.47. The van der Waals surface area contributed by atoms with E-state index < -0.39 is 5.60 Å². The molecule has 0 bridgehead atoms. The highest BCUT2D eigenvalue weighted by atomic mass is 35.5. The molecule has 1 spiro atoms. The zero-order chi connectivity index (χ0) is 11.2. The molecule has 2 heterocycles. The number of carbonyl (C=O) groups excluding carboxylic acids is 1. The minimum absolute atomic E-state index is 0.275. The smallest absolute Gasteiger partial charge is 0.340 e. The van der Waals surface area contributed by atoms with E-state index in [1.165, 1.54) is 0 Å². The van der Waals surface area contributed by atoms with Gasteiger partial charge >= 0.3 is 5.97 Å². The average Bonchev–Trinajstić information content (AvgIpc) is 2.55. The predicted octanol–water partition coefficient (Wildman–Crippen LogP) is 2.09. The Morgan fingerprint density at radius 3 is 2.81 bits per heavy atom. The number of nitrogens with one attached hydrogen (secondary N) is 1. The lowest BCUT2D eigenvalue weighted by Crippen LogP contribution is -2.39. The van der Waals surface area contributed by atoms with Crippen LogP contribution in [-0.4, -0.2) is 19.1 Å². The standard InChI is InChI=1S/C12H12ClNO2/c13-9-3-1-2-8-10(9)11(15)16-12(8)4-6-14-7-5-12/h1-3,14H,4-7H2. The number of rotatable bonds is 0. The van der Waals surface area contributed by atoms with Crippen molar-refractivity contribution in [3.63, 3.8) is 0 Å². The van der Waals surface area contributed by atoms with Crippen LogP contribution in [0.5, 0.6) is 0 Å². The van der Waals surface area contributed by atoms with Crippen molar-refractivity contribution in [3.05, 3.63) is 34.3 Å². The molecule has 0 radical (unpaired) electrons. The van der Waals surface area contributed by atoms with E-state index in [-0.39, 0.29) is 5.97 Å². The molecule has 1 aromatic rings. The molecule has 1 fully saturated rings. The van der Waals surface area contributed by atoms with E-state index in [2.05, 4.69) is 5.32 Å². The largest absolute Gasteiger partial charge is 0.450 e. The maximum absolute atomic E-state index is 11.8. The van der Waals surface area contributed by atoms with Crippen molar-refractivity contribution in [1.29, 1.82) is 0 Å². The molecule has 1 aromatic carbocycles. The molecule has 4 heteroatoms. The lowest BCUT2D eigenvalue weighted by Gasteiger charge is -2.33. The highest BCUT2D eigenvalue weighted by Crippen LogP contribution is 2.44. The van der Waals surface area contributed by atoms with Crippen molar-refractivity contribution in [1.82, 2.24) is 5.32 Å². The van der Waals surface area contributed by atoms with Crippen molar-refractivity contribution < 1.29 is 9.53 Å². The summed E-state index contributed by atoms with van der Waals surface area (Å²) in [6.07, 6.45) is 1.65. The summed E-state index contributed by atoms with van der Waals surface area (Å²) >= 11 is 6.05. The van der Waals surface area contributed by atoms with Gasteiger partial charge in [0.2, 0.25) is 0 Å². The molecule has 0 amide bonds. The summed E-state index contributed by atoms with van der Waals surface area (Å²) < 4.78 is 5.58. The number of carbonyl (C=O) groups is 1. The Labute approximate surface area is 98.7 Å². The molecule has 3 rings (SSSR count). The van der Waals surface area contributed by atoms with Crippen molar-refractivity contribution in [2.75, 3.05) is 13.1 Å². The molecule has 0 atom stereocenters. The number of piperidine rings is 1. The molecule has 2 aliphatic rings. The maximum Gasteiger partial charge on any atom is 0.340 e. The van der Waals surface area contributed by atoms with Gasteiger partial charge in [-0.25, -0.2) is 4.79 Å². The molecule has 16 heavy (non-hydrogen) atoms. The van der Waals surface area contributed by atoms with E-state index in [4.69, 9.17) is 16.3 Å². The minimum Gasteiger partial charge on any atom is -0.450 e. The van der Waals surface area contributed by atoms with Crippen LogP contribution in [0.1, 0.15) is 28.8 Å². The summed E-state index contributed by atoms with van der Waals surface area (Å²) in [5.41, 5.74) is 1.10. The highest BCUT2D eigenvalue weighted by molar-refractivity contribution is 6.34. The van der Waals surface area contributed by atoms with Gasteiger partial charge in [-0.05, 0) is 19.2 Å². The van der Waals surface area contributed by atoms with Gasteiger partial charge in [0, 0.05) is 18.4 Å². The second-order valence-electron chi connectivity index (χ2n) is 4.30. The average molecular weight is 238 g/mol. The van der Waals surface area contributed by atoms with Crippen LogP contribution < -0.4 is 5.32 Å². The fourth-order valence-corrected chi connectivity index (χ4v) is 2.85. The summed E-state index contributed by atoms with van der Waals surface area (Å²) in [6, 6.07) is 5.58. The third-order valence-electron chi connectivity index (χ3n) is 3.41. The molecule has 1 saturated heterocycles. The van der Waals surface area contributed by atoms with Gasteiger partial charge in [-0.2, -0.15) is 0 Å². The number of halogens is 1. The highest BCUT2D eigenvalue weighted by Gasteiger charge is 2.46. The van der Waals surface area contributed by atoms with Crippen LogP contribution in [0, 0.1) is 0 Å². The molecular weight excluding hydrogens is 226 g/mol. The SMILES string of the molecule is O=C1OC2(CCNCC2)c2cccc(Cl)c21. The first kappa shape index (κ1) is 10.1. The van der Waals surface area contributed by atoms with Gasteiger partial charge in [-0.15, -0.1) is 0 Å². The van der Waals surface area contributed by atoms with Gasteiger partial charge in [0.25, 0.3) is 0 Å². The monoisotopic (exact) mass is 237 g/mol. The van der Waals surface area contributed by atoms with Gasteiger partial charge < -0.3 is 10.1 Å². The molecule has 0 saturated carbocycles. The number of fused-ring (bicyclic) bond motifs is 2. The van der Waals surface area contributed by atoms with E-state index in [0.717, 1.165) is 31.5 Å². The lowest BCUT2D eigenvalue weighted by molar-refractivity contribution is -0.0241. The first-order valence-corrected chi connectivity index (χ1v) is 5.84. The van der Waals surface area contributed by atoms with Crippen molar-refractivity contribution in [2.24, 2.45) is 0 Å². The zero-order valence-corrected chi connectivity index (χ0v) is 9.51. The number of esters is 1. The molecule has 0 aliphatic carbocycles. The van der Waals surface area contributed by atoms with Crippen LogP contribution >= 0.6 is 11.6 Å². The Balaban J connectivity index is 2.14. The molecule has 2 aliphatic heterocycles. The summed E-state index contributed by atoms with van der Waals surface area (Å²) in [7, 11) is 0. The Hall–Kier alpha value is -1.06. The van der Waals surface area contributed by atoms with Crippen molar-refractivity contribution in [3.8, 4) is 0 Å². The normalized spacial score (nSPS) is 21.9. The molecule has 0 aromatic heterocycles. The van der Waals surface area contributed by atoms with Crippen LogP contribution in [-0.2, 0) is 10.3 Å². The van der Waals surface area contributed by atoms with Crippen LogP contribution in [0.3, 0.4) is 0 Å². The Bertz CT molecular complexity index is 452. The Kier molecular flexibility index (Phi) is 2.19. The van der Waals surface area contributed by atoms with Gasteiger partial charge in [0.15, 0.2) is 0 Å². The fourth-order valence-electron chi connectivity index (χ4n) is 2.60. The number of ether oxygens (including phenoxy) is 1. The fraction of sp³-hybridized carbons (Fsp3) is 0.417. The van der Waals surface area contributed by atoms with Crippen LogP contribution in [0.4, 0.5) is 0 Å². The number of hydrogen-bond donors (Lipinski definition) is 1. The number of hydrogen-bond acceptors (Lipinski definition) is 3. The van der Waals surface area contributed by atoms with Gasteiger partial charge in [0.1, 0.15) is 5.60 Å². The molecule has 1 N–H and O–H groups in total. The van der Waals surface area contributed by atoms with Crippen LogP contribution in [0.2, 0.25) is 5.02 Å². The predicted molar refractivity (Wildman–Crippen MR) is 60.6 cm³/mol. The first-order chi connectivity index (χ1) is 7.73. The zero-order valence-electron chi connectivity index (χ0n) is 8.75. The molecule has 0 unspecified atom stereocenters. The summed E-state index contributed by atoms with van der Waals surface area (Å²) in [5, 5.41) is 3.77. The quantitative estimate of drug-likeness (QED) is 0.703. The molecule has 3 nitrogen and oxygen atoms in total. The third-order valence-corrected chi connectivity index (χ3v) is 3.72. The van der Waals surface area contributed by atoms with E-state index in [1.54, 1.807) is 6.07 Å². The van der Waals surface area contributed by atoms with E-state index in [9.17, 15) is 4.79 Å². The Morgan fingerprint density at radius 2 is 2.06 bits per heavy atom. The van der Waals surface area contributed by atoms with Gasteiger partial charge in [-0.3, -0.25) is 0 Å².